The van der Waals surface area contributed by atoms with Crippen LogP contribution in [0.3, 0.4) is 0 Å². The van der Waals surface area contributed by atoms with Gasteiger partial charge in [0.25, 0.3) is 5.91 Å². The van der Waals surface area contributed by atoms with E-state index >= 15 is 0 Å². The van der Waals surface area contributed by atoms with Crippen molar-refractivity contribution in [2.24, 2.45) is 0 Å². The second-order valence-corrected chi connectivity index (χ2v) is 8.16. The van der Waals surface area contributed by atoms with Gasteiger partial charge in [-0.15, -0.1) is 0 Å². The number of benzene rings is 2. The molecule has 0 unspecified atom stereocenters. The topological polar surface area (TPSA) is 42.0 Å². The van der Waals surface area contributed by atoms with Crippen LogP contribution in [0, 0.1) is 0 Å². The van der Waals surface area contributed by atoms with Crippen molar-refractivity contribution >= 4 is 11.6 Å². The van der Waals surface area contributed by atoms with Crippen molar-refractivity contribution in [2.75, 3.05) is 38.2 Å². The van der Waals surface area contributed by atoms with Crippen LogP contribution in [-0.2, 0) is 17.6 Å². The first kappa shape index (κ1) is 20.6. The fourth-order valence-electron chi connectivity index (χ4n) is 4.44. The molecule has 5 heteroatoms. The SMILES string of the molecule is CC[C@@H](Oc1ccc2c(c1)CCCC2)C(=O)N1CCN(c2ccc(OC)cc2)CC1. The Kier molecular flexibility index (Phi) is 6.46. The molecule has 1 atom stereocenters. The van der Waals surface area contributed by atoms with Crippen molar-refractivity contribution in [3.05, 3.63) is 53.6 Å². The number of hydrogen-bond acceptors (Lipinski definition) is 4. The predicted octanol–water partition coefficient (Wildman–Crippen LogP) is 4.08. The van der Waals surface area contributed by atoms with Crippen molar-refractivity contribution in [3.8, 4) is 11.5 Å². The Morgan fingerprint density at radius 2 is 1.60 bits per heavy atom. The summed E-state index contributed by atoms with van der Waals surface area (Å²) in [5.74, 6) is 1.79. The number of carbonyl (C=O) groups excluding carboxylic acids is 1. The molecule has 1 fully saturated rings. The van der Waals surface area contributed by atoms with E-state index in [4.69, 9.17) is 9.47 Å². The van der Waals surface area contributed by atoms with Crippen LogP contribution in [-0.4, -0.2) is 50.2 Å². The van der Waals surface area contributed by atoms with Gasteiger partial charge in [0.2, 0.25) is 0 Å². The van der Waals surface area contributed by atoms with E-state index in [9.17, 15) is 4.79 Å². The van der Waals surface area contributed by atoms with Crippen LogP contribution in [0.25, 0.3) is 0 Å². The van der Waals surface area contributed by atoms with Gasteiger partial charge >= 0.3 is 0 Å². The van der Waals surface area contributed by atoms with E-state index in [1.807, 2.05) is 30.0 Å². The van der Waals surface area contributed by atoms with Gasteiger partial charge in [0.1, 0.15) is 11.5 Å². The Balaban J connectivity index is 1.35. The summed E-state index contributed by atoms with van der Waals surface area (Å²) >= 11 is 0. The zero-order valence-electron chi connectivity index (χ0n) is 18.1. The van der Waals surface area contributed by atoms with E-state index in [2.05, 4.69) is 29.2 Å². The van der Waals surface area contributed by atoms with E-state index < -0.39 is 6.10 Å². The number of rotatable bonds is 6. The van der Waals surface area contributed by atoms with Gasteiger partial charge in [-0.05, 0) is 79.6 Å². The van der Waals surface area contributed by atoms with Crippen LogP contribution >= 0.6 is 0 Å². The molecule has 30 heavy (non-hydrogen) atoms. The maximum atomic E-state index is 13.1. The molecule has 1 aliphatic heterocycles. The summed E-state index contributed by atoms with van der Waals surface area (Å²) in [4.78, 5) is 17.4. The highest BCUT2D eigenvalue weighted by molar-refractivity contribution is 5.81. The lowest BCUT2D eigenvalue weighted by Gasteiger charge is -2.37. The fraction of sp³-hybridized carbons (Fsp3) is 0.480. The molecule has 0 bridgehead atoms. The molecule has 4 rings (SSSR count). The molecule has 5 nitrogen and oxygen atoms in total. The van der Waals surface area contributed by atoms with Gasteiger partial charge in [0.05, 0.1) is 7.11 Å². The Morgan fingerprint density at radius 3 is 2.27 bits per heavy atom. The normalized spacial score (nSPS) is 17.3. The highest BCUT2D eigenvalue weighted by atomic mass is 16.5. The maximum absolute atomic E-state index is 13.1. The lowest BCUT2D eigenvalue weighted by atomic mass is 9.92. The Morgan fingerprint density at radius 1 is 0.933 bits per heavy atom. The summed E-state index contributed by atoms with van der Waals surface area (Å²) in [6, 6.07) is 14.5. The quantitative estimate of drug-likeness (QED) is 0.722. The zero-order valence-corrected chi connectivity index (χ0v) is 18.1. The minimum Gasteiger partial charge on any atom is -0.497 e. The Hall–Kier alpha value is -2.69. The summed E-state index contributed by atoms with van der Waals surface area (Å²) in [6.45, 7) is 5.11. The molecule has 2 aromatic carbocycles. The summed E-state index contributed by atoms with van der Waals surface area (Å²) < 4.78 is 11.4. The summed E-state index contributed by atoms with van der Waals surface area (Å²) in [5, 5.41) is 0. The number of amides is 1. The van der Waals surface area contributed by atoms with Gasteiger partial charge in [-0.1, -0.05) is 13.0 Å². The highest BCUT2D eigenvalue weighted by Crippen LogP contribution is 2.27. The molecule has 0 radical (unpaired) electrons. The molecule has 2 aromatic rings. The summed E-state index contributed by atoms with van der Waals surface area (Å²) in [5.41, 5.74) is 3.98. The van der Waals surface area contributed by atoms with Gasteiger partial charge < -0.3 is 19.3 Å². The zero-order chi connectivity index (χ0) is 20.9. The molecule has 0 aromatic heterocycles. The number of nitrogens with zero attached hydrogens (tertiary/aromatic N) is 2. The van der Waals surface area contributed by atoms with Crippen LogP contribution in [0.4, 0.5) is 5.69 Å². The molecule has 2 aliphatic rings. The standard InChI is InChI=1S/C25H32N2O3/c1-3-24(30-23-11-8-19-6-4-5-7-20(19)18-23)25(28)27-16-14-26(15-17-27)21-9-12-22(29-2)13-10-21/h8-13,18,24H,3-7,14-17H2,1-2H3/t24-/m1/s1. The Labute approximate surface area is 179 Å². The van der Waals surface area contributed by atoms with Crippen LogP contribution in [0.1, 0.15) is 37.3 Å². The first-order valence-electron chi connectivity index (χ1n) is 11.1. The summed E-state index contributed by atoms with van der Waals surface area (Å²) in [6.07, 6.45) is 5.04. The largest absolute Gasteiger partial charge is 0.497 e. The molecular formula is C25H32N2O3. The number of anilines is 1. The van der Waals surface area contributed by atoms with Gasteiger partial charge in [0, 0.05) is 31.9 Å². The fourth-order valence-corrected chi connectivity index (χ4v) is 4.44. The monoisotopic (exact) mass is 408 g/mol. The molecule has 1 saturated heterocycles. The van der Waals surface area contributed by atoms with Crippen LogP contribution in [0.2, 0.25) is 0 Å². The third-order valence-electron chi connectivity index (χ3n) is 6.27. The lowest BCUT2D eigenvalue weighted by molar-refractivity contribution is -0.139. The highest BCUT2D eigenvalue weighted by Gasteiger charge is 2.28. The number of methoxy groups -OCH3 is 1. The van der Waals surface area contributed by atoms with E-state index in [0.717, 1.165) is 50.5 Å². The van der Waals surface area contributed by atoms with E-state index in [0.29, 0.717) is 6.42 Å². The second-order valence-electron chi connectivity index (χ2n) is 8.16. The molecule has 0 N–H and O–H groups in total. The average Bonchev–Trinajstić information content (AvgIpc) is 2.82. The Bertz CT molecular complexity index is 857. The van der Waals surface area contributed by atoms with Gasteiger partial charge in [-0.3, -0.25) is 4.79 Å². The maximum Gasteiger partial charge on any atom is 0.263 e. The second kappa shape index (κ2) is 9.41. The number of ether oxygens (including phenoxy) is 2. The van der Waals surface area contributed by atoms with Crippen LogP contribution < -0.4 is 14.4 Å². The number of fused-ring (bicyclic) bond motifs is 1. The molecule has 160 valence electrons. The van der Waals surface area contributed by atoms with Crippen molar-refractivity contribution in [2.45, 2.75) is 45.1 Å². The van der Waals surface area contributed by atoms with Crippen molar-refractivity contribution in [1.29, 1.82) is 0 Å². The van der Waals surface area contributed by atoms with E-state index in [-0.39, 0.29) is 5.91 Å². The minimum absolute atomic E-state index is 0.101. The number of piperazine rings is 1. The van der Waals surface area contributed by atoms with Crippen LogP contribution in [0.5, 0.6) is 11.5 Å². The molecular weight excluding hydrogens is 376 g/mol. The minimum atomic E-state index is -0.417. The van der Waals surface area contributed by atoms with Crippen molar-refractivity contribution in [3.63, 3.8) is 0 Å². The summed E-state index contributed by atoms with van der Waals surface area (Å²) in [7, 11) is 1.68. The third-order valence-corrected chi connectivity index (χ3v) is 6.27. The van der Waals surface area contributed by atoms with Gasteiger partial charge in [-0.2, -0.15) is 0 Å². The first-order valence-corrected chi connectivity index (χ1v) is 11.1. The predicted molar refractivity (Wildman–Crippen MR) is 120 cm³/mol. The smallest absolute Gasteiger partial charge is 0.263 e. The van der Waals surface area contributed by atoms with Crippen molar-refractivity contribution in [1.82, 2.24) is 4.90 Å². The molecule has 1 aliphatic carbocycles. The van der Waals surface area contributed by atoms with Crippen LogP contribution in [0.15, 0.2) is 42.5 Å². The molecule has 1 amide bonds. The average molecular weight is 409 g/mol. The number of carbonyl (C=O) groups is 1. The third kappa shape index (κ3) is 4.55. The number of aryl methyl sites for hydroxylation is 2. The molecule has 0 saturated carbocycles. The number of hydrogen-bond donors (Lipinski definition) is 0. The van der Waals surface area contributed by atoms with Gasteiger partial charge in [-0.25, -0.2) is 0 Å². The lowest BCUT2D eigenvalue weighted by Crippen LogP contribution is -2.52. The van der Waals surface area contributed by atoms with E-state index in [1.54, 1.807) is 7.11 Å². The van der Waals surface area contributed by atoms with E-state index in [1.165, 1.54) is 29.7 Å². The first-order chi connectivity index (χ1) is 14.7. The molecule has 1 heterocycles. The van der Waals surface area contributed by atoms with Crippen molar-refractivity contribution < 1.29 is 14.3 Å². The molecule has 0 spiro atoms. The van der Waals surface area contributed by atoms with Gasteiger partial charge in [0.15, 0.2) is 6.10 Å².